The first-order chi connectivity index (χ1) is 12.5. The Morgan fingerprint density at radius 1 is 1.12 bits per heavy atom. The van der Waals surface area contributed by atoms with E-state index in [1.807, 2.05) is 43.3 Å². The zero-order valence-corrected chi connectivity index (χ0v) is 17.0. The predicted molar refractivity (Wildman–Crippen MR) is 111 cm³/mol. The Bertz CT molecular complexity index is 753. The molecule has 7 heteroatoms. The number of carbonyl (C=O) groups excluding carboxylic acids is 2. The molecule has 0 aromatic heterocycles. The Morgan fingerprint density at radius 3 is 2.50 bits per heavy atom. The molecule has 2 amide bonds. The molecule has 1 atom stereocenters. The van der Waals surface area contributed by atoms with Crippen molar-refractivity contribution in [3.8, 4) is 5.75 Å². The maximum absolute atomic E-state index is 12.2. The predicted octanol–water partition coefficient (Wildman–Crippen LogP) is 4.55. The fourth-order valence-corrected chi connectivity index (χ4v) is 3.04. The van der Waals surface area contributed by atoms with Gasteiger partial charge in [0.05, 0.1) is 23.3 Å². The molecule has 0 aliphatic carbocycles. The number of anilines is 2. The van der Waals surface area contributed by atoms with Gasteiger partial charge in [-0.2, -0.15) is 0 Å². The summed E-state index contributed by atoms with van der Waals surface area (Å²) in [7, 11) is 0. The fraction of sp³-hybridized carbons (Fsp3) is 0.263. The number of thioether (sulfide) groups is 1. The molecule has 5 nitrogen and oxygen atoms in total. The molecule has 0 saturated heterocycles. The van der Waals surface area contributed by atoms with Crippen molar-refractivity contribution in [2.75, 3.05) is 23.0 Å². The quantitative estimate of drug-likeness (QED) is 0.636. The topological polar surface area (TPSA) is 67.4 Å². The van der Waals surface area contributed by atoms with Crippen LogP contribution in [0.4, 0.5) is 11.4 Å². The highest BCUT2D eigenvalue weighted by Gasteiger charge is 2.16. The molecule has 0 aliphatic rings. The molecule has 1 unspecified atom stereocenters. The zero-order chi connectivity index (χ0) is 18.9. The van der Waals surface area contributed by atoms with Gasteiger partial charge in [0, 0.05) is 10.2 Å². The smallest absolute Gasteiger partial charge is 0.237 e. The average Bonchev–Trinajstić information content (AvgIpc) is 2.63. The van der Waals surface area contributed by atoms with Crippen molar-refractivity contribution in [3.63, 3.8) is 0 Å². The van der Waals surface area contributed by atoms with Crippen molar-refractivity contribution >= 4 is 50.9 Å². The van der Waals surface area contributed by atoms with Crippen molar-refractivity contribution in [1.82, 2.24) is 0 Å². The number of benzene rings is 2. The average molecular weight is 437 g/mol. The van der Waals surface area contributed by atoms with Crippen LogP contribution in [0.15, 0.2) is 53.0 Å². The van der Waals surface area contributed by atoms with Gasteiger partial charge in [-0.3, -0.25) is 9.59 Å². The van der Waals surface area contributed by atoms with Gasteiger partial charge < -0.3 is 15.4 Å². The van der Waals surface area contributed by atoms with Crippen LogP contribution in [0.2, 0.25) is 0 Å². The lowest BCUT2D eigenvalue weighted by Gasteiger charge is -2.13. The van der Waals surface area contributed by atoms with Crippen LogP contribution in [0.5, 0.6) is 5.75 Å². The SMILES string of the molecule is CCOc1ccccc1NC(=O)CSC(C)C(=O)Nc1ccc(Br)cc1. The first-order valence-electron chi connectivity index (χ1n) is 8.19. The molecule has 138 valence electrons. The molecule has 0 saturated carbocycles. The third-order valence-corrected chi connectivity index (χ3v) is 5.08. The molecule has 0 spiro atoms. The summed E-state index contributed by atoms with van der Waals surface area (Å²) in [4.78, 5) is 24.4. The van der Waals surface area contributed by atoms with Gasteiger partial charge in [0.15, 0.2) is 0 Å². The minimum atomic E-state index is -0.355. The van der Waals surface area contributed by atoms with E-state index in [-0.39, 0.29) is 22.8 Å². The third-order valence-electron chi connectivity index (χ3n) is 3.41. The molecule has 0 aliphatic heterocycles. The molecule has 0 bridgehead atoms. The van der Waals surface area contributed by atoms with Crippen molar-refractivity contribution in [2.45, 2.75) is 19.1 Å². The van der Waals surface area contributed by atoms with E-state index in [1.54, 1.807) is 19.1 Å². The van der Waals surface area contributed by atoms with Crippen LogP contribution < -0.4 is 15.4 Å². The monoisotopic (exact) mass is 436 g/mol. The van der Waals surface area contributed by atoms with Gasteiger partial charge in [-0.15, -0.1) is 11.8 Å². The largest absolute Gasteiger partial charge is 0.492 e. The number of nitrogens with one attached hydrogen (secondary N) is 2. The number of halogens is 1. The molecule has 2 aromatic rings. The zero-order valence-electron chi connectivity index (χ0n) is 14.6. The summed E-state index contributed by atoms with van der Waals surface area (Å²) in [6, 6.07) is 14.6. The fourth-order valence-electron chi connectivity index (χ4n) is 2.09. The first-order valence-corrected chi connectivity index (χ1v) is 10.0. The van der Waals surface area contributed by atoms with E-state index >= 15 is 0 Å². The van der Waals surface area contributed by atoms with Gasteiger partial charge in [0.2, 0.25) is 11.8 Å². The Kier molecular flexibility index (Phi) is 8.00. The van der Waals surface area contributed by atoms with Gasteiger partial charge in [-0.25, -0.2) is 0 Å². The van der Waals surface area contributed by atoms with Gasteiger partial charge in [-0.1, -0.05) is 28.1 Å². The highest BCUT2D eigenvalue weighted by molar-refractivity contribution is 9.10. The maximum Gasteiger partial charge on any atom is 0.237 e. The van der Waals surface area contributed by atoms with Gasteiger partial charge in [-0.05, 0) is 50.2 Å². The standard InChI is InChI=1S/C19H21BrN2O3S/c1-3-25-17-7-5-4-6-16(17)22-18(23)12-26-13(2)19(24)21-15-10-8-14(20)9-11-15/h4-11,13H,3,12H2,1-2H3,(H,21,24)(H,22,23). The highest BCUT2D eigenvalue weighted by Crippen LogP contribution is 2.24. The number of carbonyl (C=O) groups is 2. The van der Waals surface area contributed by atoms with E-state index < -0.39 is 0 Å². The second-order valence-corrected chi connectivity index (χ2v) is 7.67. The Morgan fingerprint density at radius 2 is 1.81 bits per heavy atom. The molecule has 26 heavy (non-hydrogen) atoms. The highest BCUT2D eigenvalue weighted by atomic mass is 79.9. The van der Waals surface area contributed by atoms with E-state index in [1.165, 1.54) is 11.8 Å². The van der Waals surface area contributed by atoms with Gasteiger partial charge in [0.1, 0.15) is 5.75 Å². The van der Waals surface area contributed by atoms with Crippen LogP contribution in [0.1, 0.15) is 13.8 Å². The van der Waals surface area contributed by atoms with E-state index in [4.69, 9.17) is 4.74 Å². The molecule has 0 radical (unpaired) electrons. The lowest BCUT2D eigenvalue weighted by atomic mass is 10.3. The van der Waals surface area contributed by atoms with E-state index in [9.17, 15) is 9.59 Å². The summed E-state index contributed by atoms with van der Waals surface area (Å²) >= 11 is 4.63. The third kappa shape index (κ3) is 6.38. The number of amides is 2. The van der Waals surface area contributed by atoms with Crippen molar-refractivity contribution in [3.05, 3.63) is 53.0 Å². The lowest BCUT2D eigenvalue weighted by molar-refractivity contribution is -0.115. The summed E-state index contributed by atoms with van der Waals surface area (Å²) in [6.45, 7) is 4.19. The molecule has 0 fully saturated rings. The normalized spacial score (nSPS) is 11.5. The Balaban J connectivity index is 1.82. The van der Waals surface area contributed by atoms with E-state index in [0.29, 0.717) is 18.0 Å². The molecule has 2 rings (SSSR count). The van der Waals surface area contributed by atoms with Gasteiger partial charge in [0.25, 0.3) is 0 Å². The number of hydrogen-bond donors (Lipinski definition) is 2. The minimum Gasteiger partial charge on any atom is -0.492 e. The van der Waals surface area contributed by atoms with Crippen LogP contribution in [0.25, 0.3) is 0 Å². The number of ether oxygens (including phenoxy) is 1. The van der Waals surface area contributed by atoms with Crippen molar-refractivity contribution < 1.29 is 14.3 Å². The Hall–Kier alpha value is -1.99. The van der Waals surface area contributed by atoms with Crippen LogP contribution in [0.3, 0.4) is 0 Å². The summed E-state index contributed by atoms with van der Waals surface area (Å²) in [5.74, 6) is 0.495. The second kappa shape index (κ2) is 10.2. The van der Waals surface area contributed by atoms with E-state index in [2.05, 4.69) is 26.6 Å². The first kappa shape index (κ1) is 20.3. The number of hydrogen-bond acceptors (Lipinski definition) is 4. The molecular formula is C19H21BrN2O3S. The molecular weight excluding hydrogens is 416 g/mol. The van der Waals surface area contributed by atoms with Crippen molar-refractivity contribution in [1.29, 1.82) is 0 Å². The molecule has 2 aromatic carbocycles. The van der Waals surface area contributed by atoms with Crippen LogP contribution in [-0.4, -0.2) is 29.4 Å². The number of rotatable bonds is 8. The molecule has 0 heterocycles. The van der Waals surface area contributed by atoms with Crippen molar-refractivity contribution in [2.24, 2.45) is 0 Å². The van der Waals surface area contributed by atoms with Crippen LogP contribution in [0, 0.1) is 0 Å². The summed E-state index contributed by atoms with van der Waals surface area (Å²) in [5, 5.41) is 5.30. The van der Waals surface area contributed by atoms with Crippen LogP contribution in [-0.2, 0) is 9.59 Å². The van der Waals surface area contributed by atoms with Crippen LogP contribution >= 0.6 is 27.7 Å². The Labute approximate surface area is 166 Å². The molecule has 2 N–H and O–H groups in total. The summed E-state index contributed by atoms with van der Waals surface area (Å²) in [6.07, 6.45) is 0. The maximum atomic E-state index is 12.2. The summed E-state index contributed by atoms with van der Waals surface area (Å²) in [5.41, 5.74) is 1.35. The number of para-hydroxylation sites is 2. The lowest BCUT2D eigenvalue weighted by Crippen LogP contribution is -2.25. The minimum absolute atomic E-state index is 0.139. The van der Waals surface area contributed by atoms with E-state index in [0.717, 1.165) is 10.2 Å². The second-order valence-electron chi connectivity index (χ2n) is 5.43. The summed E-state index contributed by atoms with van der Waals surface area (Å²) < 4.78 is 6.43. The van der Waals surface area contributed by atoms with Gasteiger partial charge >= 0.3 is 0 Å².